The monoisotopic (exact) mass is 447 g/mol. The maximum Gasteiger partial charge on any atom is 0.339 e. The van der Waals surface area contributed by atoms with E-state index in [1.807, 2.05) is 31.3 Å². The van der Waals surface area contributed by atoms with Gasteiger partial charge in [-0.05, 0) is 38.5 Å². The number of likely N-dealkylation sites (N-methyl/N-ethyl adjacent to an activating group) is 1. The second-order valence-corrected chi connectivity index (χ2v) is 9.96. The molecule has 0 saturated carbocycles. The number of ether oxygens (including phenoxy) is 4. The number of carbonyl (C=O) groups is 3. The van der Waals surface area contributed by atoms with Gasteiger partial charge in [-0.2, -0.15) is 11.3 Å². The summed E-state index contributed by atoms with van der Waals surface area (Å²) in [6.07, 6.45) is 0.0557. The van der Waals surface area contributed by atoms with Crippen LogP contribution in [0.2, 0.25) is 0 Å². The van der Waals surface area contributed by atoms with E-state index in [1.165, 1.54) is 11.3 Å². The van der Waals surface area contributed by atoms with Crippen LogP contribution < -0.4 is 0 Å². The van der Waals surface area contributed by atoms with Crippen molar-refractivity contribution >= 4 is 29.2 Å². The van der Waals surface area contributed by atoms with E-state index in [0.717, 1.165) is 0 Å². The van der Waals surface area contributed by atoms with Gasteiger partial charge < -0.3 is 18.9 Å². The van der Waals surface area contributed by atoms with Gasteiger partial charge in [-0.1, -0.05) is 6.92 Å². The topological polar surface area (TPSA) is 94.7 Å². The normalized spacial score (nSPS) is 41.1. The second kappa shape index (κ2) is 7.15. The number of esters is 3. The highest BCUT2D eigenvalue weighted by Crippen LogP contribution is 2.51. The van der Waals surface area contributed by atoms with Gasteiger partial charge in [0.25, 0.3) is 0 Å². The molecule has 4 aliphatic rings. The third-order valence-corrected chi connectivity index (χ3v) is 7.56. The van der Waals surface area contributed by atoms with E-state index in [0.29, 0.717) is 17.6 Å². The van der Waals surface area contributed by atoms with Crippen molar-refractivity contribution in [2.24, 2.45) is 11.8 Å². The van der Waals surface area contributed by atoms with E-state index in [1.54, 1.807) is 24.4 Å². The van der Waals surface area contributed by atoms with Crippen molar-refractivity contribution < 1.29 is 33.3 Å². The molecule has 8 nitrogen and oxygen atoms in total. The zero-order valence-electron chi connectivity index (χ0n) is 17.8. The third-order valence-electron chi connectivity index (χ3n) is 6.88. The van der Waals surface area contributed by atoms with Crippen molar-refractivity contribution in [2.45, 2.75) is 56.3 Å². The Morgan fingerprint density at radius 1 is 1.29 bits per heavy atom. The van der Waals surface area contributed by atoms with Crippen LogP contribution in [0.5, 0.6) is 0 Å². The maximum absolute atomic E-state index is 12.9. The SMILES string of the molecule is CC1C(=O)OC2CC3(C)OC3C(OC(=O)c3ccsc3)C(N(C)C)C3=CC(OC3=O)C21. The second-order valence-electron chi connectivity index (χ2n) is 9.18. The molecule has 8 unspecified atom stereocenters. The van der Waals surface area contributed by atoms with Crippen molar-refractivity contribution in [3.8, 4) is 0 Å². The Hall–Kier alpha value is -2.23. The summed E-state index contributed by atoms with van der Waals surface area (Å²) in [5.74, 6) is -1.88. The zero-order valence-corrected chi connectivity index (χ0v) is 18.6. The lowest BCUT2D eigenvalue weighted by molar-refractivity contribution is -0.144. The molecule has 9 heteroatoms. The molecule has 0 spiro atoms. The lowest BCUT2D eigenvalue weighted by Gasteiger charge is -2.32. The average Bonchev–Trinajstić information content (AvgIpc) is 3.08. The summed E-state index contributed by atoms with van der Waals surface area (Å²) in [5, 5.41) is 3.53. The summed E-state index contributed by atoms with van der Waals surface area (Å²) in [7, 11) is 3.66. The molecule has 0 amide bonds. The number of hydrogen-bond donors (Lipinski definition) is 0. The molecule has 2 saturated heterocycles. The maximum atomic E-state index is 12.9. The molecule has 8 atom stereocenters. The predicted octanol–water partition coefficient (Wildman–Crippen LogP) is 1.79. The minimum absolute atomic E-state index is 0.275. The Kier molecular flexibility index (Phi) is 4.76. The zero-order chi connectivity index (χ0) is 22.1. The van der Waals surface area contributed by atoms with Crippen LogP contribution in [0.15, 0.2) is 28.5 Å². The van der Waals surface area contributed by atoms with Crippen molar-refractivity contribution in [2.75, 3.05) is 14.1 Å². The molecule has 0 N–H and O–H groups in total. The Bertz CT molecular complexity index is 957. The predicted molar refractivity (Wildman–Crippen MR) is 109 cm³/mol. The molecule has 2 fully saturated rings. The van der Waals surface area contributed by atoms with E-state index in [2.05, 4.69) is 0 Å². The molecule has 0 aromatic carbocycles. The first-order valence-corrected chi connectivity index (χ1v) is 11.3. The fourth-order valence-corrected chi connectivity index (χ4v) is 5.84. The quantitative estimate of drug-likeness (QED) is 0.393. The fourth-order valence-electron chi connectivity index (χ4n) is 5.22. The van der Waals surface area contributed by atoms with Crippen molar-refractivity contribution in [1.82, 2.24) is 4.90 Å². The molecular formula is C22H25NO7S. The van der Waals surface area contributed by atoms with Crippen LogP contribution in [0.1, 0.15) is 30.6 Å². The van der Waals surface area contributed by atoms with Gasteiger partial charge in [-0.25, -0.2) is 9.59 Å². The highest BCUT2D eigenvalue weighted by Gasteiger charge is 2.65. The van der Waals surface area contributed by atoms with Crippen LogP contribution >= 0.6 is 11.3 Å². The molecule has 1 aromatic heterocycles. The van der Waals surface area contributed by atoms with Gasteiger partial charge in [0.05, 0.1) is 28.7 Å². The Balaban J connectivity index is 1.56. The Morgan fingerprint density at radius 2 is 2.06 bits per heavy atom. The van der Waals surface area contributed by atoms with Gasteiger partial charge in [0.15, 0.2) is 6.10 Å². The van der Waals surface area contributed by atoms with Crippen molar-refractivity contribution in [3.05, 3.63) is 34.0 Å². The van der Waals surface area contributed by atoms with E-state index in [-0.39, 0.29) is 17.8 Å². The number of nitrogens with zero attached hydrogens (tertiary/aromatic N) is 1. The van der Waals surface area contributed by atoms with Gasteiger partial charge in [-0.3, -0.25) is 9.69 Å². The molecule has 2 bridgehead atoms. The number of carbonyl (C=O) groups excluding carboxylic acids is 3. The summed E-state index contributed by atoms with van der Waals surface area (Å²) in [5.41, 5.74) is 0.242. The van der Waals surface area contributed by atoms with Crippen LogP contribution in [0, 0.1) is 11.8 Å². The molecule has 166 valence electrons. The molecule has 5 rings (SSSR count). The lowest BCUT2D eigenvalue weighted by Crippen LogP contribution is -2.49. The number of thiophene rings is 1. The molecule has 4 heterocycles. The van der Waals surface area contributed by atoms with Gasteiger partial charge in [-0.15, -0.1) is 0 Å². The van der Waals surface area contributed by atoms with Crippen LogP contribution in [0.3, 0.4) is 0 Å². The van der Waals surface area contributed by atoms with Crippen LogP contribution in [0.25, 0.3) is 0 Å². The van der Waals surface area contributed by atoms with E-state index >= 15 is 0 Å². The third kappa shape index (κ3) is 3.30. The first-order valence-electron chi connectivity index (χ1n) is 10.4. The highest BCUT2D eigenvalue weighted by molar-refractivity contribution is 7.08. The van der Waals surface area contributed by atoms with E-state index in [9.17, 15) is 14.4 Å². The molecule has 31 heavy (non-hydrogen) atoms. The van der Waals surface area contributed by atoms with Gasteiger partial charge in [0.2, 0.25) is 0 Å². The van der Waals surface area contributed by atoms with Crippen molar-refractivity contribution in [1.29, 1.82) is 0 Å². The molecule has 1 aromatic rings. The Morgan fingerprint density at radius 3 is 2.74 bits per heavy atom. The first kappa shape index (κ1) is 20.7. The highest BCUT2D eigenvalue weighted by atomic mass is 32.1. The minimum atomic E-state index is -0.726. The molecule has 0 radical (unpaired) electrons. The van der Waals surface area contributed by atoms with Gasteiger partial charge >= 0.3 is 17.9 Å². The first-order chi connectivity index (χ1) is 14.7. The number of rotatable bonds is 3. The molecule has 1 aliphatic carbocycles. The minimum Gasteiger partial charge on any atom is -0.462 e. The van der Waals surface area contributed by atoms with Crippen LogP contribution in [-0.4, -0.2) is 73.0 Å². The summed E-state index contributed by atoms with van der Waals surface area (Å²) < 4.78 is 23.4. The summed E-state index contributed by atoms with van der Waals surface area (Å²) >= 11 is 1.41. The van der Waals surface area contributed by atoms with Crippen LogP contribution in [0.4, 0.5) is 0 Å². The smallest absolute Gasteiger partial charge is 0.339 e. The largest absolute Gasteiger partial charge is 0.462 e. The fraction of sp³-hybridized carbons (Fsp3) is 0.591. The number of epoxide rings is 1. The van der Waals surface area contributed by atoms with Crippen molar-refractivity contribution in [3.63, 3.8) is 0 Å². The summed E-state index contributed by atoms with van der Waals surface area (Å²) in [4.78, 5) is 39.9. The number of hydrogen-bond acceptors (Lipinski definition) is 9. The van der Waals surface area contributed by atoms with Gasteiger partial charge in [0.1, 0.15) is 18.3 Å². The van der Waals surface area contributed by atoms with Crippen LogP contribution in [-0.2, 0) is 28.5 Å². The molecule has 3 aliphatic heterocycles. The summed E-state index contributed by atoms with van der Waals surface area (Å²) in [6.45, 7) is 3.74. The Labute approximate surface area is 184 Å². The molecular weight excluding hydrogens is 422 g/mol. The van der Waals surface area contributed by atoms with E-state index in [4.69, 9.17) is 18.9 Å². The lowest BCUT2D eigenvalue weighted by atomic mass is 9.79. The van der Waals surface area contributed by atoms with E-state index < -0.39 is 48.0 Å². The van der Waals surface area contributed by atoms with Gasteiger partial charge in [0, 0.05) is 17.7 Å². The standard InChI is InChI=1S/C22H25NO7S/c1-10-15-13-7-12(21(26)27-13)16(23(3)4)17(29-20(25)11-5-6-31-9-11)18-22(2,30-18)8-14(15)28-19(10)24/h5-7,9-10,13-18H,8H2,1-4H3. The summed E-state index contributed by atoms with van der Waals surface area (Å²) in [6, 6.07) is 1.16. The number of fused-ring (bicyclic) bond motifs is 4. The average molecular weight is 448 g/mol.